The van der Waals surface area contributed by atoms with Gasteiger partial charge in [-0.1, -0.05) is 24.3 Å². The Morgan fingerprint density at radius 1 is 1.29 bits per heavy atom. The van der Waals surface area contributed by atoms with Crippen LogP contribution in [0.3, 0.4) is 0 Å². The Bertz CT molecular complexity index is 890. The van der Waals surface area contributed by atoms with Crippen molar-refractivity contribution in [3.05, 3.63) is 70.5 Å². The number of halogens is 1. The maximum atomic E-state index is 12.9. The van der Waals surface area contributed by atoms with E-state index in [9.17, 15) is 9.18 Å². The maximum absolute atomic E-state index is 12.9. The average Bonchev–Trinajstić information content (AvgIpc) is 3.08. The van der Waals surface area contributed by atoms with Crippen LogP contribution in [0.2, 0.25) is 0 Å². The quantitative estimate of drug-likeness (QED) is 0.673. The molecule has 0 saturated heterocycles. The van der Waals surface area contributed by atoms with Crippen LogP contribution in [0.25, 0.3) is 10.2 Å². The number of thiophene rings is 1. The molecule has 1 aromatic carbocycles. The molecule has 0 bridgehead atoms. The zero-order valence-corrected chi connectivity index (χ0v) is 14.5. The highest BCUT2D eigenvalue weighted by Crippen LogP contribution is 2.28. The van der Waals surface area contributed by atoms with E-state index in [1.807, 2.05) is 29.7 Å². The normalized spacial score (nSPS) is 11.5. The number of hydrogen-bond acceptors (Lipinski definition) is 2. The monoisotopic (exact) mass is 342 g/mol. The van der Waals surface area contributed by atoms with Gasteiger partial charge >= 0.3 is 0 Å². The lowest BCUT2D eigenvalue weighted by Gasteiger charge is -2.09. The summed E-state index contributed by atoms with van der Waals surface area (Å²) in [6, 6.07) is 10.2. The molecule has 1 amide bonds. The lowest BCUT2D eigenvalue weighted by molar-refractivity contribution is 0.0942. The predicted octanol–water partition coefficient (Wildman–Crippen LogP) is 4.66. The largest absolute Gasteiger partial charge is 0.347 e. The second-order valence-electron chi connectivity index (χ2n) is 5.62. The molecule has 24 heavy (non-hydrogen) atoms. The molecule has 0 saturated carbocycles. The first-order valence-electron chi connectivity index (χ1n) is 7.82. The molecule has 2 aromatic heterocycles. The van der Waals surface area contributed by atoms with Crippen molar-refractivity contribution in [2.45, 2.75) is 26.9 Å². The Labute approximate surface area is 144 Å². The first-order chi connectivity index (χ1) is 11.6. The van der Waals surface area contributed by atoms with E-state index in [4.69, 9.17) is 0 Å². The van der Waals surface area contributed by atoms with Gasteiger partial charge in [0.15, 0.2) is 0 Å². The second-order valence-corrected chi connectivity index (χ2v) is 6.91. The van der Waals surface area contributed by atoms with Crippen molar-refractivity contribution in [2.75, 3.05) is 0 Å². The van der Waals surface area contributed by atoms with Crippen LogP contribution in [0, 0.1) is 12.7 Å². The minimum atomic E-state index is -0.277. The molecule has 0 atom stereocenters. The molecule has 5 heteroatoms. The number of aryl methyl sites for hydroxylation is 1. The third-order valence-corrected chi connectivity index (χ3v) is 4.82. The number of amides is 1. The van der Waals surface area contributed by atoms with Gasteiger partial charge in [-0.15, -0.1) is 11.3 Å². The Morgan fingerprint density at radius 2 is 2.04 bits per heavy atom. The summed E-state index contributed by atoms with van der Waals surface area (Å²) in [6.45, 7) is 5.07. The average molecular weight is 342 g/mol. The molecule has 0 fully saturated rings. The molecular weight excluding hydrogens is 323 g/mol. The smallest absolute Gasteiger partial charge is 0.268 e. The van der Waals surface area contributed by atoms with Gasteiger partial charge in [-0.25, -0.2) is 4.39 Å². The van der Waals surface area contributed by atoms with Gasteiger partial charge in [0.1, 0.15) is 11.5 Å². The van der Waals surface area contributed by atoms with E-state index in [-0.39, 0.29) is 11.7 Å². The van der Waals surface area contributed by atoms with Crippen LogP contribution in [0.15, 0.2) is 48.6 Å². The van der Waals surface area contributed by atoms with Crippen LogP contribution in [0.1, 0.15) is 27.9 Å². The Morgan fingerprint density at radius 3 is 2.75 bits per heavy atom. The molecule has 0 aliphatic carbocycles. The van der Waals surface area contributed by atoms with Crippen LogP contribution in [-0.2, 0) is 13.1 Å². The third-order valence-electron chi connectivity index (χ3n) is 3.84. The van der Waals surface area contributed by atoms with Gasteiger partial charge in [0.05, 0.1) is 10.2 Å². The van der Waals surface area contributed by atoms with Gasteiger partial charge in [-0.3, -0.25) is 4.79 Å². The molecule has 124 valence electrons. The number of nitrogens with zero attached hydrogens (tertiary/aromatic N) is 1. The number of aromatic nitrogens is 1. The van der Waals surface area contributed by atoms with Gasteiger partial charge in [-0.05, 0) is 43.7 Å². The second kappa shape index (κ2) is 7.01. The van der Waals surface area contributed by atoms with E-state index in [1.54, 1.807) is 23.5 Å². The van der Waals surface area contributed by atoms with Crippen LogP contribution in [0.4, 0.5) is 4.39 Å². The summed E-state index contributed by atoms with van der Waals surface area (Å²) < 4.78 is 16.1. The van der Waals surface area contributed by atoms with Crippen molar-refractivity contribution in [1.29, 1.82) is 0 Å². The standard InChI is InChI=1S/C19H19FN2OS/c1-3-4-9-22-16-10-13(2)24-18(16)11-17(22)19(23)21-12-14-5-7-15(20)8-6-14/h3-8,10-11H,9,12H2,1-2H3,(H,21,23)/b4-3+. The van der Waals surface area contributed by atoms with Crippen molar-refractivity contribution in [1.82, 2.24) is 9.88 Å². The first-order valence-corrected chi connectivity index (χ1v) is 8.63. The number of carbonyl (C=O) groups is 1. The summed E-state index contributed by atoms with van der Waals surface area (Å²) >= 11 is 1.69. The predicted molar refractivity (Wildman–Crippen MR) is 96.9 cm³/mol. The Kier molecular flexibility index (Phi) is 4.81. The summed E-state index contributed by atoms with van der Waals surface area (Å²) in [6.07, 6.45) is 4.01. The summed E-state index contributed by atoms with van der Waals surface area (Å²) in [5.74, 6) is -0.397. The van der Waals surface area contributed by atoms with E-state index < -0.39 is 0 Å². The van der Waals surface area contributed by atoms with Gasteiger partial charge in [0.25, 0.3) is 5.91 Å². The van der Waals surface area contributed by atoms with Gasteiger partial charge in [-0.2, -0.15) is 0 Å². The molecule has 1 N–H and O–H groups in total. The van der Waals surface area contributed by atoms with Crippen LogP contribution < -0.4 is 5.32 Å². The van der Waals surface area contributed by atoms with Crippen molar-refractivity contribution in [3.8, 4) is 0 Å². The van der Waals surface area contributed by atoms with Crippen molar-refractivity contribution >= 4 is 27.5 Å². The van der Waals surface area contributed by atoms with E-state index >= 15 is 0 Å². The fraction of sp³-hybridized carbons (Fsp3) is 0.211. The van der Waals surface area contributed by atoms with E-state index in [1.165, 1.54) is 17.0 Å². The van der Waals surface area contributed by atoms with E-state index in [2.05, 4.69) is 18.3 Å². The number of benzene rings is 1. The number of rotatable bonds is 5. The van der Waals surface area contributed by atoms with E-state index in [0.717, 1.165) is 15.8 Å². The lowest BCUT2D eigenvalue weighted by Crippen LogP contribution is -2.25. The van der Waals surface area contributed by atoms with Crippen LogP contribution in [-0.4, -0.2) is 10.5 Å². The molecule has 3 aromatic rings. The highest BCUT2D eigenvalue weighted by atomic mass is 32.1. The first kappa shape index (κ1) is 16.5. The highest BCUT2D eigenvalue weighted by Gasteiger charge is 2.16. The van der Waals surface area contributed by atoms with Crippen molar-refractivity contribution in [3.63, 3.8) is 0 Å². The molecule has 0 aliphatic rings. The molecule has 2 heterocycles. The van der Waals surface area contributed by atoms with Crippen molar-refractivity contribution in [2.24, 2.45) is 0 Å². The molecule has 0 radical (unpaired) electrons. The third kappa shape index (κ3) is 3.41. The maximum Gasteiger partial charge on any atom is 0.268 e. The molecule has 0 aliphatic heterocycles. The molecule has 0 unspecified atom stereocenters. The zero-order chi connectivity index (χ0) is 17.1. The number of allylic oxidation sites excluding steroid dienone is 2. The highest BCUT2D eigenvalue weighted by molar-refractivity contribution is 7.19. The SMILES string of the molecule is C/C=C/Cn1c(C(=O)NCc2ccc(F)cc2)cc2sc(C)cc21. The van der Waals surface area contributed by atoms with E-state index in [0.29, 0.717) is 18.8 Å². The molecule has 0 spiro atoms. The summed E-state index contributed by atoms with van der Waals surface area (Å²) in [5.41, 5.74) is 2.60. The lowest BCUT2D eigenvalue weighted by atomic mass is 10.2. The fourth-order valence-electron chi connectivity index (χ4n) is 2.64. The number of carbonyl (C=O) groups excluding carboxylic acids is 1. The number of fused-ring (bicyclic) bond motifs is 1. The van der Waals surface area contributed by atoms with Gasteiger partial charge in [0, 0.05) is 18.0 Å². The van der Waals surface area contributed by atoms with Crippen LogP contribution >= 0.6 is 11.3 Å². The zero-order valence-electron chi connectivity index (χ0n) is 13.7. The summed E-state index contributed by atoms with van der Waals surface area (Å²) in [7, 11) is 0. The molecular formula is C19H19FN2OS. The number of hydrogen-bond donors (Lipinski definition) is 1. The fourth-order valence-corrected chi connectivity index (χ4v) is 3.60. The van der Waals surface area contributed by atoms with Gasteiger partial charge < -0.3 is 9.88 Å². The molecule has 3 nitrogen and oxygen atoms in total. The van der Waals surface area contributed by atoms with Crippen molar-refractivity contribution < 1.29 is 9.18 Å². The van der Waals surface area contributed by atoms with Crippen LogP contribution in [0.5, 0.6) is 0 Å². The summed E-state index contributed by atoms with van der Waals surface area (Å²) in [5, 5.41) is 2.92. The minimum absolute atomic E-state index is 0.120. The Balaban J connectivity index is 1.82. The topological polar surface area (TPSA) is 34.0 Å². The van der Waals surface area contributed by atoms with Gasteiger partial charge in [0.2, 0.25) is 0 Å². The summed E-state index contributed by atoms with van der Waals surface area (Å²) in [4.78, 5) is 13.8. The Hall–Kier alpha value is -2.40. The molecule has 3 rings (SSSR count). The number of nitrogens with one attached hydrogen (secondary N) is 1. The minimum Gasteiger partial charge on any atom is -0.347 e.